The van der Waals surface area contributed by atoms with Crippen LogP contribution in [0.4, 0.5) is 0 Å². The highest BCUT2D eigenvalue weighted by atomic mass is 32.1. The van der Waals surface area contributed by atoms with Gasteiger partial charge in [0.15, 0.2) is 0 Å². The van der Waals surface area contributed by atoms with Gasteiger partial charge in [0.2, 0.25) is 5.89 Å². The number of benzene rings is 1. The van der Waals surface area contributed by atoms with Gasteiger partial charge in [-0.05, 0) is 30.1 Å². The lowest BCUT2D eigenvalue weighted by atomic mass is 10.2. The summed E-state index contributed by atoms with van der Waals surface area (Å²) in [6.07, 6.45) is 0. The molecule has 0 aliphatic rings. The topological polar surface area (TPSA) is 87.9 Å². The minimum atomic E-state index is -0.126. The first-order valence-corrected chi connectivity index (χ1v) is 9.17. The molecule has 4 aromatic rings. The molecule has 3 heterocycles. The molecular formula is C18H17N5O2S. The number of nitrogens with one attached hydrogen (secondary N) is 1. The Labute approximate surface area is 153 Å². The Morgan fingerprint density at radius 1 is 1.15 bits per heavy atom. The number of hydrogen-bond acceptors (Lipinski definition) is 7. The number of para-hydroxylation sites is 1. The largest absolute Gasteiger partial charge is 0.419 e. The van der Waals surface area contributed by atoms with Crippen molar-refractivity contribution < 1.29 is 4.42 Å². The second-order valence-corrected chi connectivity index (χ2v) is 6.76. The van der Waals surface area contributed by atoms with Crippen LogP contribution in [-0.2, 0) is 13.1 Å². The van der Waals surface area contributed by atoms with Crippen LogP contribution >= 0.6 is 11.3 Å². The van der Waals surface area contributed by atoms with Crippen molar-refractivity contribution in [2.24, 2.45) is 0 Å². The first kappa shape index (κ1) is 16.6. The zero-order valence-electron chi connectivity index (χ0n) is 14.2. The van der Waals surface area contributed by atoms with Gasteiger partial charge in [0.1, 0.15) is 5.82 Å². The summed E-state index contributed by atoms with van der Waals surface area (Å²) in [5, 5.41) is 10.8. The van der Waals surface area contributed by atoms with E-state index in [0.29, 0.717) is 41.6 Å². The SMILES string of the molecule is CCN(Cc1nc2ccccc2c(=O)[nH]1)Cc1nnc(-c2cccs2)o1. The van der Waals surface area contributed by atoms with E-state index in [1.54, 1.807) is 17.4 Å². The third-order valence-electron chi connectivity index (χ3n) is 4.04. The Morgan fingerprint density at radius 3 is 2.85 bits per heavy atom. The third-order valence-corrected chi connectivity index (χ3v) is 4.90. The molecule has 7 nitrogen and oxygen atoms in total. The van der Waals surface area contributed by atoms with Crippen molar-refractivity contribution >= 4 is 22.2 Å². The van der Waals surface area contributed by atoms with Crippen LogP contribution in [0.15, 0.2) is 51.0 Å². The maximum atomic E-state index is 12.2. The molecule has 0 bridgehead atoms. The Hall–Kier alpha value is -2.84. The first-order valence-electron chi connectivity index (χ1n) is 8.29. The first-order chi connectivity index (χ1) is 12.7. The number of aromatic amines is 1. The van der Waals surface area contributed by atoms with Crippen molar-refractivity contribution in [2.45, 2.75) is 20.0 Å². The molecule has 8 heteroatoms. The fourth-order valence-electron chi connectivity index (χ4n) is 2.71. The normalized spacial score (nSPS) is 11.5. The third kappa shape index (κ3) is 3.42. The van der Waals surface area contributed by atoms with Crippen LogP contribution in [0.1, 0.15) is 18.6 Å². The van der Waals surface area contributed by atoms with Gasteiger partial charge >= 0.3 is 0 Å². The number of fused-ring (bicyclic) bond motifs is 1. The minimum Gasteiger partial charge on any atom is -0.419 e. The number of H-pyrrole nitrogens is 1. The van der Waals surface area contributed by atoms with E-state index >= 15 is 0 Å². The lowest BCUT2D eigenvalue weighted by molar-refractivity contribution is 0.238. The van der Waals surface area contributed by atoms with Gasteiger partial charge in [0.25, 0.3) is 11.4 Å². The lowest BCUT2D eigenvalue weighted by Crippen LogP contribution is -2.25. The maximum absolute atomic E-state index is 12.2. The second kappa shape index (κ2) is 7.19. The standard InChI is InChI=1S/C18H17N5O2S/c1-2-23(11-16-21-22-18(25-16)14-8-5-9-26-14)10-15-19-13-7-4-3-6-12(13)17(24)20-15/h3-9H,2,10-11H2,1H3,(H,19,20,24). The molecule has 3 aromatic heterocycles. The summed E-state index contributed by atoms with van der Waals surface area (Å²) in [6.45, 7) is 3.78. The molecule has 0 atom stereocenters. The number of aromatic nitrogens is 4. The number of rotatable bonds is 6. The van der Waals surface area contributed by atoms with Crippen LogP contribution in [0, 0.1) is 0 Å². The van der Waals surface area contributed by atoms with Crippen LogP contribution in [0.3, 0.4) is 0 Å². The van der Waals surface area contributed by atoms with Gasteiger partial charge in [-0.1, -0.05) is 25.1 Å². The summed E-state index contributed by atoms with van der Waals surface area (Å²) in [7, 11) is 0. The van der Waals surface area contributed by atoms with E-state index < -0.39 is 0 Å². The summed E-state index contributed by atoms with van der Waals surface area (Å²) >= 11 is 1.56. The molecule has 26 heavy (non-hydrogen) atoms. The average Bonchev–Trinajstić information content (AvgIpc) is 3.33. The highest BCUT2D eigenvalue weighted by molar-refractivity contribution is 7.13. The minimum absolute atomic E-state index is 0.126. The molecule has 0 spiro atoms. The molecule has 132 valence electrons. The molecule has 0 aliphatic carbocycles. The Kier molecular flexibility index (Phi) is 4.59. The predicted molar refractivity (Wildman–Crippen MR) is 99.8 cm³/mol. The summed E-state index contributed by atoms with van der Waals surface area (Å²) in [5.74, 6) is 1.69. The van der Waals surface area contributed by atoms with Crippen LogP contribution in [0.25, 0.3) is 21.7 Å². The van der Waals surface area contributed by atoms with Crippen LogP contribution in [0.2, 0.25) is 0 Å². The monoisotopic (exact) mass is 367 g/mol. The fourth-order valence-corrected chi connectivity index (χ4v) is 3.35. The molecule has 0 unspecified atom stereocenters. The molecule has 0 radical (unpaired) electrons. The smallest absolute Gasteiger partial charge is 0.258 e. The summed E-state index contributed by atoms with van der Waals surface area (Å²) in [6, 6.07) is 11.2. The summed E-state index contributed by atoms with van der Waals surface area (Å²) in [4.78, 5) is 22.6. The maximum Gasteiger partial charge on any atom is 0.258 e. The lowest BCUT2D eigenvalue weighted by Gasteiger charge is -2.17. The second-order valence-electron chi connectivity index (χ2n) is 5.81. The summed E-state index contributed by atoms with van der Waals surface area (Å²) < 4.78 is 5.75. The highest BCUT2D eigenvalue weighted by Gasteiger charge is 2.14. The molecule has 0 fully saturated rings. The molecule has 0 amide bonds. The van der Waals surface area contributed by atoms with Gasteiger partial charge in [-0.2, -0.15) is 0 Å². The van der Waals surface area contributed by atoms with Gasteiger partial charge in [-0.15, -0.1) is 21.5 Å². The van der Waals surface area contributed by atoms with Crippen LogP contribution < -0.4 is 5.56 Å². The van der Waals surface area contributed by atoms with Crippen molar-refractivity contribution in [1.29, 1.82) is 0 Å². The number of hydrogen-bond donors (Lipinski definition) is 1. The van der Waals surface area contributed by atoms with E-state index in [9.17, 15) is 4.79 Å². The molecule has 0 saturated heterocycles. The van der Waals surface area contributed by atoms with Gasteiger partial charge < -0.3 is 9.40 Å². The molecule has 1 N–H and O–H groups in total. The van der Waals surface area contributed by atoms with Gasteiger partial charge in [-0.25, -0.2) is 4.98 Å². The molecule has 4 rings (SSSR count). The Bertz CT molecular complexity index is 1070. The fraction of sp³-hybridized carbons (Fsp3) is 0.222. The van der Waals surface area contributed by atoms with Gasteiger partial charge in [0.05, 0.1) is 28.9 Å². The van der Waals surface area contributed by atoms with Crippen molar-refractivity contribution in [1.82, 2.24) is 25.1 Å². The van der Waals surface area contributed by atoms with Crippen LogP contribution in [-0.4, -0.2) is 31.6 Å². The average molecular weight is 367 g/mol. The van der Waals surface area contributed by atoms with E-state index in [0.717, 1.165) is 11.4 Å². The molecular weight excluding hydrogens is 350 g/mol. The molecule has 0 aliphatic heterocycles. The Morgan fingerprint density at radius 2 is 2.04 bits per heavy atom. The zero-order chi connectivity index (χ0) is 17.9. The predicted octanol–water partition coefficient (Wildman–Crippen LogP) is 3.06. The van der Waals surface area contributed by atoms with Crippen LogP contribution in [0.5, 0.6) is 0 Å². The van der Waals surface area contributed by atoms with E-state index in [2.05, 4.69) is 25.1 Å². The van der Waals surface area contributed by atoms with Crippen molar-refractivity contribution in [3.05, 3.63) is 63.8 Å². The van der Waals surface area contributed by atoms with E-state index in [1.165, 1.54) is 0 Å². The number of thiophene rings is 1. The zero-order valence-corrected chi connectivity index (χ0v) is 15.0. The van der Waals surface area contributed by atoms with Gasteiger partial charge in [-0.3, -0.25) is 9.69 Å². The van der Waals surface area contributed by atoms with Crippen molar-refractivity contribution in [2.75, 3.05) is 6.54 Å². The highest BCUT2D eigenvalue weighted by Crippen LogP contribution is 2.23. The van der Waals surface area contributed by atoms with E-state index in [4.69, 9.17) is 4.42 Å². The van der Waals surface area contributed by atoms with Crippen molar-refractivity contribution in [3.8, 4) is 10.8 Å². The molecule has 1 aromatic carbocycles. The van der Waals surface area contributed by atoms with Crippen molar-refractivity contribution in [3.63, 3.8) is 0 Å². The van der Waals surface area contributed by atoms with E-state index in [1.807, 2.05) is 42.6 Å². The van der Waals surface area contributed by atoms with Gasteiger partial charge in [0, 0.05) is 0 Å². The molecule has 0 saturated carbocycles. The van der Waals surface area contributed by atoms with E-state index in [-0.39, 0.29) is 5.56 Å². The Balaban J connectivity index is 1.52. The number of nitrogens with zero attached hydrogens (tertiary/aromatic N) is 4. The quantitative estimate of drug-likeness (QED) is 0.563. The summed E-state index contributed by atoms with van der Waals surface area (Å²) in [5.41, 5.74) is 0.569.